The number of hydrogen-bond donors (Lipinski definition) is 0. The van der Waals surface area contributed by atoms with Gasteiger partial charge in [-0.25, -0.2) is 9.38 Å². The number of nitrogens with zero attached hydrogens (tertiary/aromatic N) is 3. The van der Waals surface area contributed by atoms with E-state index in [0.717, 1.165) is 24.0 Å². The molecule has 2 aromatic heterocycles. The summed E-state index contributed by atoms with van der Waals surface area (Å²) in [6, 6.07) is 9.13. The van der Waals surface area contributed by atoms with E-state index in [9.17, 15) is 4.79 Å². The Bertz CT molecular complexity index is 788. The van der Waals surface area contributed by atoms with E-state index in [2.05, 4.69) is 11.9 Å². The van der Waals surface area contributed by atoms with Gasteiger partial charge in [-0.3, -0.25) is 4.79 Å². The van der Waals surface area contributed by atoms with Crippen molar-refractivity contribution in [2.45, 2.75) is 19.9 Å². The fraction of sp³-hybridized carbons (Fsp3) is 0.231. The molecule has 0 aliphatic carbocycles. The summed E-state index contributed by atoms with van der Waals surface area (Å²) in [5.41, 5.74) is 1.73. The van der Waals surface area contributed by atoms with E-state index in [0.29, 0.717) is 5.78 Å². The van der Waals surface area contributed by atoms with Crippen molar-refractivity contribution in [2.75, 3.05) is 0 Å². The minimum absolute atomic E-state index is 0.143. The molecule has 0 N–H and O–H groups in total. The second-order valence-electron chi connectivity index (χ2n) is 4.19. The third-order valence-electron chi connectivity index (χ3n) is 2.97. The van der Waals surface area contributed by atoms with Crippen molar-refractivity contribution in [1.82, 2.24) is 14.0 Å². The van der Waals surface area contributed by atoms with Crippen LogP contribution in [-0.2, 0) is 6.54 Å². The molecule has 0 unspecified atom stereocenters. The van der Waals surface area contributed by atoms with E-state index in [1.807, 2.05) is 28.8 Å². The van der Waals surface area contributed by atoms with Crippen LogP contribution in [-0.4, -0.2) is 14.0 Å². The van der Waals surface area contributed by atoms with Crippen molar-refractivity contribution in [3.8, 4) is 0 Å². The van der Waals surface area contributed by atoms with E-state index in [1.54, 1.807) is 4.40 Å². The van der Waals surface area contributed by atoms with Gasteiger partial charge in [0.05, 0.1) is 11.0 Å². The molecule has 0 aliphatic rings. The molecule has 0 saturated heterocycles. The lowest BCUT2D eigenvalue weighted by Gasteiger charge is -2.02. The van der Waals surface area contributed by atoms with E-state index >= 15 is 0 Å². The number of halogens is 1. The van der Waals surface area contributed by atoms with E-state index in [4.69, 9.17) is 11.6 Å². The number of aromatic nitrogens is 3. The van der Waals surface area contributed by atoms with Gasteiger partial charge in [0.1, 0.15) is 5.15 Å². The van der Waals surface area contributed by atoms with Gasteiger partial charge in [0.2, 0.25) is 5.78 Å². The van der Waals surface area contributed by atoms with E-state index < -0.39 is 0 Å². The quantitative estimate of drug-likeness (QED) is 0.666. The molecule has 0 amide bonds. The first-order valence-corrected chi connectivity index (χ1v) is 6.26. The highest BCUT2D eigenvalue weighted by molar-refractivity contribution is 6.29. The molecule has 0 atom stereocenters. The average Bonchev–Trinajstić information content (AvgIpc) is 2.65. The maximum absolute atomic E-state index is 12.1. The highest BCUT2D eigenvalue weighted by Gasteiger charge is 2.12. The van der Waals surface area contributed by atoms with Crippen LogP contribution in [0.2, 0.25) is 5.15 Å². The number of hydrogen-bond acceptors (Lipinski definition) is 2. The fourth-order valence-corrected chi connectivity index (χ4v) is 2.45. The lowest BCUT2D eigenvalue weighted by Crippen LogP contribution is -2.13. The molecule has 1 aromatic carbocycles. The third kappa shape index (κ3) is 1.53. The second kappa shape index (κ2) is 4.14. The van der Waals surface area contributed by atoms with Crippen LogP contribution < -0.4 is 5.56 Å². The molecule has 92 valence electrons. The standard InChI is InChI=1S/C13H12ClN3O/c1-2-7-16-9-5-3-4-6-10(9)17-12(18)8-11(14)15-13(16)17/h3-6,8H,2,7H2,1H3. The number of benzene rings is 1. The van der Waals surface area contributed by atoms with E-state index in [1.165, 1.54) is 6.07 Å². The Hall–Kier alpha value is -1.81. The topological polar surface area (TPSA) is 39.3 Å². The molecular formula is C13H12ClN3O. The van der Waals surface area contributed by atoms with Crippen LogP contribution in [0.5, 0.6) is 0 Å². The SMILES string of the molecule is CCCn1c2ccccc2n2c(=O)cc(Cl)nc12. The fourth-order valence-electron chi connectivity index (χ4n) is 2.28. The van der Waals surface area contributed by atoms with Gasteiger partial charge in [0.25, 0.3) is 5.56 Å². The molecule has 18 heavy (non-hydrogen) atoms. The Morgan fingerprint density at radius 1 is 1.28 bits per heavy atom. The normalized spacial score (nSPS) is 11.4. The molecule has 0 saturated carbocycles. The summed E-state index contributed by atoms with van der Waals surface area (Å²) in [6.45, 7) is 2.90. The van der Waals surface area contributed by atoms with Gasteiger partial charge in [0, 0.05) is 12.6 Å². The molecule has 0 spiro atoms. The largest absolute Gasteiger partial charge is 0.309 e. The summed E-state index contributed by atoms with van der Waals surface area (Å²) in [7, 11) is 0. The summed E-state index contributed by atoms with van der Waals surface area (Å²) in [5, 5.41) is 0.236. The van der Waals surface area contributed by atoms with E-state index in [-0.39, 0.29) is 10.7 Å². The maximum atomic E-state index is 12.1. The Morgan fingerprint density at radius 2 is 2.00 bits per heavy atom. The van der Waals surface area contributed by atoms with Crippen LogP contribution in [0.4, 0.5) is 0 Å². The van der Waals surface area contributed by atoms with Crippen LogP contribution in [0.3, 0.4) is 0 Å². The van der Waals surface area contributed by atoms with Gasteiger partial charge in [0.15, 0.2) is 0 Å². The van der Waals surface area contributed by atoms with Crippen molar-refractivity contribution in [2.24, 2.45) is 0 Å². The minimum atomic E-state index is -0.143. The van der Waals surface area contributed by atoms with Gasteiger partial charge in [-0.2, -0.15) is 0 Å². The zero-order valence-corrected chi connectivity index (χ0v) is 10.7. The average molecular weight is 262 g/mol. The summed E-state index contributed by atoms with van der Waals surface area (Å²) in [6.07, 6.45) is 0.969. The number of aryl methyl sites for hydroxylation is 1. The first-order chi connectivity index (χ1) is 8.72. The lowest BCUT2D eigenvalue weighted by atomic mass is 10.3. The molecule has 5 heteroatoms. The van der Waals surface area contributed by atoms with Crippen LogP contribution >= 0.6 is 11.6 Å². The Kier molecular flexibility index (Phi) is 2.59. The highest BCUT2D eigenvalue weighted by atomic mass is 35.5. The Labute approximate surface area is 108 Å². The number of imidazole rings is 1. The predicted octanol–water partition coefficient (Wildman–Crippen LogP) is 2.71. The van der Waals surface area contributed by atoms with Crippen molar-refractivity contribution in [3.63, 3.8) is 0 Å². The zero-order valence-electron chi connectivity index (χ0n) is 9.93. The first-order valence-electron chi connectivity index (χ1n) is 5.89. The summed E-state index contributed by atoms with van der Waals surface area (Å²) in [4.78, 5) is 16.3. The monoisotopic (exact) mass is 261 g/mol. The van der Waals surface area contributed by atoms with Crippen LogP contribution in [0.25, 0.3) is 16.8 Å². The first kappa shape index (κ1) is 11.3. The Balaban J connectivity index is 2.58. The molecular weight excluding hydrogens is 250 g/mol. The van der Waals surface area contributed by atoms with Crippen LogP contribution in [0.1, 0.15) is 13.3 Å². The zero-order chi connectivity index (χ0) is 12.7. The molecule has 4 nitrogen and oxygen atoms in total. The molecule has 0 bridgehead atoms. The van der Waals surface area contributed by atoms with Crippen molar-refractivity contribution in [1.29, 1.82) is 0 Å². The molecule has 0 aliphatic heterocycles. The van der Waals surface area contributed by atoms with Gasteiger partial charge in [-0.15, -0.1) is 0 Å². The summed E-state index contributed by atoms with van der Waals surface area (Å²) >= 11 is 5.89. The number of para-hydroxylation sites is 2. The van der Waals surface area contributed by atoms with Crippen molar-refractivity contribution >= 4 is 28.4 Å². The van der Waals surface area contributed by atoms with Crippen molar-refractivity contribution in [3.05, 3.63) is 45.8 Å². The predicted molar refractivity (Wildman–Crippen MR) is 72.3 cm³/mol. The van der Waals surface area contributed by atoms with Gasteiger partial charge >= 0.3 is 0 Å². The molecule has 2 heterocycles. The van der Waals surface area contributed by atoms with Crippen LogP contribution in [0, 0.1) is 0 Å². The molecule has 3 aromatic rings. The van der Waals surface area contributed by atoms with Crippen LogP contribution in [0.15, 0.2) is 35.1 Å². The smallest absolute Gasteiger partial charge is 0.261 e. The second-order valence-corrected chi connectivity index (χ2v) is 4.58. The number of fused-ring (bicyclic) bond motifs is 3. The van der Waals surface area contributed by atoms with Gasteiger partial charge in [-0.05, 0) is 18.6 Å². The van der Waals surface area contributed by atoms with Gasteiger partial charge in [-0.1, -0.05) is 30.7 Å². The minimum Gasteiger partial charge on any atom is -0.309 e. The Morgan fingerprint density at radius 3 is 2.72 bits per heavy atom. The maximum Gasteiger partial charge on any atom is 0.261 e. The lowest BCUT2D eigenvalue weighted by molar-refractivity contribution is 0.708. The summed E-state index contributed by atoms with van der Waals surface area (Å²) in [5.74, 6) is 0.607. The highest BCUT2D eigenvalue weighted by Crippen LogP contribution is 2.19. The third-order valence-corrected chi connectivity index (χ3v) is 3.17. The molecule has 3 rings (SSSR count). The van der Waals surface area contributed by atoms with Crippen molar-refractivity contribution < 1.29 is 0 Å². The molecule has 0 radical (unpaired) electrons. The van der Waals surface area contributed by atoms with Gasteiger partial charge < -0.3 is 4.57 Å². The number of rotatable bonds is 2. The molecule has 0 fully saturated rings. The summed E-state index contributed by atoms with van der Waals surface area (Å²) < 4.78 is 3.64.